The zero-order chi connectivity index (χ0) is 22.0. The second-order valence-electron chi connectivity index (χ2n) is 7.10. The van der Waals surface area contributed by atoms with Crippen molar-refractivity contribution >= 4 is 33.5 Å². The number of benzene rings is 2. The first kappa shape index (κ1) is 20.6. The van der Waals surface area contributed by atoms with Gasteiger partial charge in [-0.15, -0.1) is 0 Å². The van der Waals surface area contributed by atoms with Gasteiger partial charge in [0.05, 0.1) is 16.6 Å². The first-order chi connectivity index (χ1) is 14.8. The van der Waals surface area contributed by atoms with Crippen molar-refractivity contribution in [2.24, 2.45) is 0 Å². The average Bonchev–Trinajstić information content (AvgIpc) is 2.76. The lowest BCUT2D eigenvalue weighted by Crippen LogP contribution is -2.15. The van der Waals surface area contributed by atoms with E-state index in [0.29, 0.717) is 29.9 Å². The molecule has 0 fully saturated rings. The van der Waals surface area contributed by atoms with E-state index in [1.54, 1.807) is 12.1 Å². The van der Waals surface area contributed by atoms with Gasteiger partial charge >= 0.3 is 6.18 Å². The number of anilines is 1. The van der Waals surface area contributed by atoms with E-state index in [1.165, 1.54) is 0 Å². The number of hydrogen-bond donors (Lipinski definition) is 1. The second kappa shape index (κ2) is 8.22. The fourth-order valence-electron chi connectivity index (χ4n) is 3.56. The molecule has 31 heavy (non-hydrogen) atoms. The van der Waals surface area contributed by atoms with Crippen LogP contribution in [0, 0.1) is 0 Å². The normalized spacial score (nSPS) is 11.7. The number of aryl methyl sites for hydroxylation is 1. The number of halogens is 3. The van der Waals surface area contributed by atoms with E-state index in [9.17, 15) is 22.8 Å². The molecule has 0 bridgehead atoms. The summed E-state index contributed by atoms with van der Waals surface area (Å²) in [5.41, 5.74) is 0.670. The summed E-state index contributed by atoms with van der Waals surface area (Å²) in [5, 5.41) is 3.74. The van der Waals surface area contributed by atoms with Crippen molar-refractivity contribution in [3.8, 4) is 0 Å². The molecular weight excluding hydrogens is 407 g/mol. The molecule has 1 amide bonds. The highest BCUT2D eigenvalue weighted by molar-refractivity contribution is 5.93. The van der Waals surface area contributed by atoms with Gasteiger partial charge in [-0.25, -0.2) is 4.98 Å². The predicted octanol–water partition coefficient (Wildman–Crippen LogP) is 4.99. The van der Waals surface area contributed by atoms with Gasteiger partial charge in [0.25, 0.3) is 0 Å². The monoisotopic (exact) mass is 425 g/mol. The summed E-state index contributed by atoms with van der Waals surface area (Å²) in [6, 6.07) is 16.6. The van der Waals surface area contributed by atoms with Crippen LogP contribution in [0.4, 0.5) is 19.0 Å². The molecule has 2 aromatic carbocycles. The number of carbonyl (C=O) groups is 1. The van der Waals surface area contributed by atoms with E-state index >= 15 is 0 Å². The summed E-state index contributed by atoms with van der Waals surface area (Å²) in [7, 11) is 0. The zero-order valence-corrected chi connectivity index (χ0v) is 16.3. The van der Waals surface area contributed by atoms with Gasteiger partial charge in [0.1, 0.15) is 5.82 Å². The number of rotatable bonds is 5. The Morgan fingerprint density at radius 2 is 1.55 bits per heavy atom. The van der Waals surface area contributed by atoms with E-state index in [4.69, 9.17) is 0 Å². The fourth-order valence-corrected chi connectivity index (χ4v) is 3.56. The lowest BCUT2D eigenvalue weighted by molar-refractivity contribution is -0.137. The minimum Gasteiger partial charge on any atom is -0.340 e. The van der Waals surface area contributed by atoms with Crippen molar-refractivity contribution in [2.75, 3.05) is 5.32 Å². The Morgan fingerprint density at radius 3 is 2.10 bits per heavy atom. The molecule has 0 aliphatic heterocycles. The van der Waals surface area contributed by atoms with Crippen molar-refractivity contribution in [1.82, 2.24) is 9.55 Å². The van der Waals surface area contributed by atoms with Gasteiger partial charge in [-0.05, 0) is 42.8 Å². The smallest absolute Gasteiger partial charge is 0.340 e. The lowest BCUT2D eigenvalue weighted by atomic mass is 10.1. The van der Waals surface area contributed by atoms with Crippen LogP contribution in [0.15, 0.2) is 71.7 Å². The van der Waals surface area contributed by atoms with Gasteiger partial charge in [0, 0.05) is 29.9 Å². The molecule has 0 unspecified atom stereocenters. The average molecular weight is 425 g/mol. The van der Waals surface area contributed by atoms with E-state index in [2.05, 4.69) is 10.3 Å². The molecule has 5 nitrogen and oxygen atoms in total. The summed E-state index contributed by atoms with van der Waals surface area (Å²) < 4.78 is 39.8. The Morgan fingerprint density at radius 1 is 0.935 bits per heavy atom. The van der Waals surface area contributed by atoms with Crippen LogP contribution in [0.25, 0.3) is 21.8 Å². The van der Waals surface area contributed by atoms with E-state index in [-0.39, 0.29) is 23.6 Å². The molecule has 0 atom stereocenters. The van der Waals surface area contributed by atoms with Crippen LogP contribution in [0.2, 0.25) is 0 Å². The Labute approximate surface area is 175 Å². The Balaban J connectivity index is 1.49. The number of nitrogens with one attached hydrogen (secondary N) is 1. The number of nitrogens with zero attached hydrogens (tertiary/aromatic N) is 2. The van der Waals surface area contributed by atoms with E-state index in [0.717, 1.165) is 23.2 Å². The SMILES string of the molecule is O=C(CCCn1c2ccccc2c(=O)c2ccccc21)Nc1ccc(C(F)(F)F)cn1. The van der Waals surface area contributed by atoms with Crippen molar-refractivity contribution in [3.63, 3.8) is 0 Å². The van der Waals surface area contributed by atoms with Crippen molar-refractivity contribution in [1.29, 1.82) is 0 Å². The summed E-state index contributed by atoms with van der Waals surface area (Å²) in [6.07, 6.45) is -3.16. The molecule has 4 rings (SSSR count). The maximum Gasteiger partial charge on any atom is 0.417 e. The van der Waals surface area contributed by atoms with Crippen LogP contribution in [-0.4, -0.2) is 15.5 Å². The Kier molecular flexibility index (Phi) is 5.46. The van der Waals surface area contributed by atoms with Crippen LogP contribution in [-0.2, 0) is 17.5 Å². The minimum atomic E-state index is -4.47. The summed E-state index contributed by atoms with van der Waals surface area (Å²) >= 11 is 0. The molecule has 4 aromatic rings. The van der Waals surface area contributed by atoms with Gasteiger partial charge in [-0.1, -0.05) is 24.3 Å². The molecule has 2 heterocycles. The van der Waals surface area contributed by atoms with Gasteiger partial charge < -0.3 is 9.88 Å². The van der Waals surface area contributed by atoms with Gasteiger partial charge in [0.2, 0.25) is 5.91 Å². The number of para-hydroxylation sites is 2. The summed E-state index contributed by atoms with van der Waals surface area (Å²) in [4.78, 5) is 28.6. The number of carbonyl (C=O) groups excluding carboxylic acids is 1. The molecule has 0 spiro atoms. The van der Waals surface area contributed by atoms with Crippen LogP contribution in [0.1, 0.15) is 18.4 Å². The number of amides is 1. The molecule has 0 aliphatic carbocycles. The number of aromatic nitrogens is 2. The quantitative estimate of drug-likeness (QED) is 0.459. The van der Waals surface area contributed by atoms with Gasteiger partial charge in [0.15, 0.2) is 5.43 Å². The Hall–Kier alpha value is -3.68. The topological polar surface area (TPSA) is 64.0 Å². The Bertz CT molecular complexity index is 1250. The first-order valence-corrected chi connectivity index (χ1v) is 9.68. The van der Waals surface area contributed by atoms with Crippen molar-refractivity contribution in [2.45, 2.75) is 25.6 Å². The molecule has 2 aromatic heterocycles. The highest BCUT2D eigenvalue weighted by atomic mass is 19.4. The van der Waals surface area contributed by atoms with Gasteiger partial charge in [-0.3, -0.25) is 9.59 Å². The number of alkyl halides is 3. The lowest BCUT2D eigenvalue weighted by Gasteiger charge is -2.15. The molecular formula is C23H18F3N3O2. The second-order valence-corrected chi connectivity index (χ2v) is 7.10. The van der Waals surface area contributed by atoms with Crippen LogP contribution < -0.4 is 10.7 Å². The third-order valence-electron chi connectivity index (χ3n) is 5.02. The number of hydrogen-bond acceptors (Lipinski definition) is 3. The van der Waals surface area contributed by atoms with Crippen LogP contribution >= 0.6 is 0 Å². The maximum atomic E-state index is 12.8. The summed E-state index contributed by atoms with van der Waals surface area (Å²) in [5.74, 6) is -0.279. The van der Waals surface area contributed by atoms with Crippen molar-refractivity contribution in [3.05, 3.63) is 82.6 Å². The minimum absolute atomic E-state index is 0.0337. The molecule has 0 aliphatic rings. The van der Waals surface area contributed by atoms with Gasteiger partial charge in [-0.2, -0.15) is 13.2 Å². The molecule has 0 saturated heterocycles. The van der Waals surface area contributed by atoms with E-state index in [1.807, 2.05) is 41.0 Å². The zero-order valence-electron chi connectivity index (χ0n) is 16.3. The molecule has 0 saturated carbocycles. The largest absolute Gasteiger partial charge is 0.417 e. The predicted molar refractivity (Wildman–Crippen MR) is 113 cm³/mol. The third-order valence-corrected chi connectivity index (χ3v) is 5.02. The fraction of sp³-hybridized carbons (Fsp3) is 0.174. The van der Waals surface area contributed by atoms with E-state index < -0.39 is 11.7 Å². The van der Waals surface area contributed by atoms with Crippen LogP contribution in [0.3, 0.4) is 0 Å². The number of fused-ring (bicyclic) bond motifs is 2. The molecule has 8 heteroatoms. The van der Waals surface area contributed by atoms with Crippen LogP contribution in [0.5, 0.6) is 0 Å². The molecule has 0 radical (unpaired) electrons. The number of pyridine rings is 2. The molecule has 1 N–H and O–H groups in total. The maximum absolute atomic E-state index is 12.8. The third kappa shape index (κ3) is 4.28. The van der Waals surface area contributed by atoms with Crippen molar-refractivity contribution < 1.29 is 18.0 Å². The highest BCUT2D eigenvalue weighted by Crippen LogP contribution is 2.28. The standard InChI is InChI=1S/C23H18F3N3O2/c24-23(25,26)15-11-12-20(27-14-15)28-21(30)10-5-13-29-18-8-3-1-6-16(18)22(31)17-7-2-4-9-19(17)29/h1-4,6-9,11-12,14H,5,10,13H2,(H,27,28,30). The first-order valence-electron chi connectivity index (χ1n) is 9.68. The summed E-state index contributed by atoms with van der Waals surface area (Å²) in [6.45, 7) is 0.495. The highest BCUT2D eigenvalue weighted by Gasteiger charge is 2.30. The molecule has 158 valence electrons.